The lowest BCUT2D eigenvalue weighted by Crippen LogP contribution is -2.38. The molecule has 1 aromatic carbocycles. The summed E-state index contributed by atoms with van der Waals surface area (Å²) in [5.74, 6) is 0. The summed E-state index contributed by atoms with van der Waals surface area (Å²) < 4.78 is 0.873. The van der Waals surface area contributed by atoms with Gasteiger partial charge in [-0.3, -0.25) is 0 Å². The molecule has 1 aliphatic rings. The minimum atomic E-state index is 0.0852. The zero-order valence-corrected chi connectivity index (χ0v) is 13.5. The van der Waals surface area contributed by atoms with Crippen LogP contribution in [0.2, 0.25) is 4.34 Å². The lowest BCUT2D eigenvalue weighted by atomic mass is 9.93. The van der Waals surface area contributed by atoms with E-state index in [4.69, 9.17) is 11.6 Å². The molecular weight excluding hydrogens is 302 g/mol. The number of aryl methyl sites for hydroxylation is 1. The zero-order chi connectivity index (χ0) is 14.7. The van der Waals surface area contributed by atoms with Gasteiger partial charge < -0.3 is 10.4 Å². The summed E-state index contributed by atoms with van der Waals surface area (Å²) in [6.07, 6.45) is 4.28. The molecule has 4 heteroatoms. The van der Waals surface area contributed by atoms with E-state index >= 15 is 0 Å². The monoisotopic (exact) mass is 321 g/mol. The number of hydrogen-bond donors (Lipinski definition) is 2. The number of halogens is 1. The van der Waals surface area contributed by atoms with E-state index in [1.807, 2.05) is 18.2 Å². The van der Waals surface area contributed by atoms with Crippen LogP contribution in [0.1, 0.15) is 34.9 Å². The molecule has 0 saturated carbocycles. The number of nitrogens with one attached hydrogen (secondary N) is 1. The molecule has 0 aliphatic heterocycles. The van der Waals surface area contributed by atoms with Gasteiger partial charge in [-0.25, -0.2) is 0 Å². The van der Waals surface area contributed by atoms with Gasteiger partial charge in [-0.15, -0.1) is 11.3 Å². The molecule has 2 atom stereocenters. The predicted octanol–water partition coefficient (Wildman–Crippen LogP) is 3.97. The maximum atomic E-state index is 9.69. The summed E-state index contributed by atoms with van der Waals surface area (Å²) in [6, 6.07) is 12.8. The highest BCUT2D eigenvalue weighted by Gasteiger charge is 2.24. The Hall–Kier alpha value is -0.870. The molecule has 0 spiro atoms. The lowest BCUT2D eigenvalue weighted by Gasteiger charge is -2.28. The summed E-state index contributed by atoms with van der Waals surface area (Å²) >= 11 is 7.85. The molecular formula is C17H20ClNOS. The molecule has 2 N–H and O–H groups in total. The van der Waals surface area contributed by atoms with Crippen LogP contribution in [0, 0.1) is 0 Å². The number of benzene rings is 1. The first-order valence-corrected chi connectivity index (χ1v) is 8.64. The van der Waals surface area contributed by atoms with Crippen LogP contribution in [0.4, 0.5) is 0 Å². The van der Waals surface area contributed by atoms with E-state index in [0.717, 1.165) is 23.6 Å². The molecule has 21 heavy (non-hydrogen) atoms. The Kier molecular flexibility index (Phi) is 4.96. The van der Waals surface area contributed by atoms with Gasteiger partial charge in [0.15, 0.2) is 0 Å². The molecule has 3 rings (SSSR count). The van der Waals surface area contributed by atoms with Crippen molar-refractivity contribution < 1.29 is 5.11 Å². The smallest absolute Gasteiger partial charge is 0.0934 e. The van der Waals surface area contributed by atoms with Gasteiger partial charge in [0.25, 0.3) is 0 Å². The van der Waals surface area contributed by atoms with Gasteiger partial charge in [-0.1, -0.05) is 41.9 Å². The minimum Gasteiger partial charge on any atom is -0.395 e. The third kappa shape index (κ3) is 3.67. The maximum Gasteiger partial charge on any atom is 0.0934 e. The molecule has 112 valence electrons. The van der Waals surface area contributed by atoms with Gasteiger partial charge in [0.05, 0.1) is 10.9 Å². The van der Waals surface area contributed by atoms with Crippen molar-refractivity contribution in [2.75, 3.05) is 6.61 Å². The van der Waals surface area contributed by atoms with Gasteiger partial charge >= 0.3 is 0 Å². The Morgan fingerprint density at radius 1 is 1.33 bits per heavy atom. The van der Waals surface area contributed by atoms with Crippen LogP contribution in [0.3, 0.4) is 0 Å². The lowest BCUT2D eigenvalue weighted by molar-refractivity contribution is 0.226. The van der Waals surface area contributed by atoms with E-state index in [1.165, 1.54) is 22.4 Å². The SMILES string of the molecule is OC[C@H](Cc1ccccc1)NC1CCCc2sc(Cl)cc21. The van der Waals surface area contributed by atoms with E-state index in [1.54, 1.807) is 11.3 Å². The van der Waals surface area contributed by atoms with Crippen molar-refractivity contribution in [1.29, 1.82) is 0 Å². The number of aliphatic hydroxyl groups is 1. The third-order valence-electron chi connectivity index (χ3n) is 4.07. The Balaban J connectivity index is 1.70. The highest BCUT2D eigenvalue weighted by Crippen LogP contribution is 2.38. The quantitative estimate of drug-likeness (QED) is 0.873. The highest BCUT2D eigenvalue weighted by atomic mass is 35.5. The third-order valence-corrected chi connectivity index (χ3v) is 5.41. The summed E-state index contributed by atoms with van der Waals surface area (Å²) in [6.45, 7) is 0.151. The molecule has 1 aromatic heterocycles. The van der Waals surface area contributed by atoms with Crippen molar-refractivity contribution in [3.05, 3.63) is 56.7 Å². The number of rotatable bonds is 5. The summed E-state index contributed by atoms with van der Waals surface area (Å²) in [5.41, 5.74) is 2.59. The summed E-state index contributed by atoms with van der Waals surface area (Å²) in [7, 11) is 0. The van der Waals surface area contributed by atoms with Crippen LogP contribution in [-0.4, -0.2) is 17.8 Å². The van der Waals surface area contributed by atoms with Crippen molar-refractivity contribution in [2.24, 2.45) is 0 Å². The maximum absolute atomic E-state index is 9.69. The average Bonchev–Trinajstić information content (AvgIpc) is 2.89. The van der Waals surface area contributed by atoms with Crippen LogP contribution in [0.25, 0.3) is 0 Å². The second-order valence-corrected chi connectivity index (χ2v) is 7.38. The molecule has 1 heterocycles. The van der Waals surface area contributed by atoms with Crippen LogP contribution in [0.5, 0.6) is 0 Å². The Bertz CT molecular complexity index is 584. The van der Waals surface area contributed by atoms with Gasteiger partial charge in [0, 0.05) is 17.0 Å². The van der Waals surface area contributed by atoms with Crippen LogP contribution in [-0.2, 0) is 12.8 Å². The minimum absolute atomic E-state index is 0.0852. The molecule has 0 fully saturated rings. The Morgan fingerprint density at radius 3 is 2.90 bits per heavy atom. The van der Waals surface area contributed by atoms with Crippen molar-refractivity contribution in [2.45, 2.75) is 37.8 Å². The molecule has 2 aromatic rings. The van der Waals surface area contributed by atoms with Crippen LogP contribution >= 0.6 is 22.9 Å². The number of aliphatic hydroxyl groups excluding tert-OH is 1. The molecule has 0 bridgehead atoms. The van der Waals surface area contributed by atoms with Gasteiger partial charge in [0.1, 0.15) is 0 Å². The van der Waals surface area contributed by atoms with E-state index < -0.39 is 0 Å². The van der Waals surface area contributed by atoms with E-state index in [9.17, 15) is 5.11 Å². The number of thiophene rings is 1. The summed E-state index contributed by atoms with van der Waals surface area (Å²) in [4.78, 5) is 1.40. The molecule has 0 amide bonds. The normalized spacial score (nSPS) is 19.2. The number of hydrogen-bond acceptors (Lipinski definition) is 3. The fourth-order valence-electron chi connectivity index (χ4n) is 3.05. The number of fused-ring (bicyclic) bond motifs is 1. The average molecular weight is 322 g/mol. The van der Waals surface area contributed by atoms with E-state index in [2.05, 4.69) is 23.5 Å². The van der Waals surface area contributed by atoms with Gasteiger partial charge in [-0.2, -0.15) is 0 Å². The van der Waals surface area contributed by atoms with Crippen LogP contribution in [0.15, 0.2) is 36.4 Å². The zero-order valence-electron chi connectivity index (χ0n) is 11.9. The van der Waals surface area contributed by atoms with Gasteiger partial charge in [-0.05, 0) is 42.9 Å². The van der Waals surface area contributed by atoms with Crippen molar-refractivity contribution in [3.63, 3.8) is 0 Å². The predicted molar refractivity (Wildman–Crippen MR) is 89.2 cm³/mol. The van der Waals surface area contributed by atoms with Crippen molar-refractivity contribution >= 4 is 22.9 Å². The van der Waals surface area contributed by atoms with Gasteiger partial charge in [0.2, 0.25) is 0 Å². The Morgan fingerprint density at radius 2 is 2.14 bits per heavy atom. The topological polar surface area (TPSA) is 32.3 Å². The standard InChI is InChI=1S/C17H20ClNOS/c18-17-10-14-15(7-4-8-16(14)21-17)19-13(11-20)9-12-5-2-1-3-6-12/h1-3,5-6,10,13,15,19-20H,4,7-9,11H2/t13-,15?/m0/s1. The molecule has 0 saturated heterocycles. The first-order chi connectivity index (χ1) is 10.3. The second-order valence-electron chi connectivity index (χ2n) is 5.61. The van der Waals surface area contributed by atoms with E-state index in [0.29, 0.717) is 6.04 Å². The molecule has 1 aliphatic carbocycles. The highest BCUT2D eigenvalue weighted by molar-refractivity contribution is 7.16. The first-order valence-electron chi connectivity index (χ1n) is 7.45. The Labute approximate surface area is 134 Å². The molecule has 2 nitrogen and oxygen atoms in total. The molecule has 1 unspecified atom stereocenters. The van der Waals surface area contributed by atoms with Crippen molar-refractivity contribution in [3.8, 4) is 0 Å². The summed E-state index contributed by atoms with van der Waals surface area (Å²) in [5, 5.41) is 13.3. The first kappa shape index (κ1) is 15.0. The second kappa shape index (κ2) is 6.93. The van der Waals surface area contributed by atoms with Crippen molar-refractivity contribution in [1.82, 2.24) is 5.32 Å². The largest absolute Gasteiger partial charge is 0.395 e. The fraction of sp³-hybridized carbons (Fsp3) is 0.412. The van der Waals surface area contributed by atoms with E-state index in [-0.39, 0.29) is 12.6 Å². The molecule has 0 radical (unpaired) electrons. The fourth-order valence-corrected chi connectivity index (χ4v) is 4.44. The van der Waals surface area contributed by atoms with Crippen LogP contribution < -0.4 is 5.32 Å².